The van der Waals surface area contributed by atoms with E-state index < -0.39 is 6.10 Å². The molecule has 0 saturated carbocycles. The Morgan fingerprint density at radius 2 is 0.571 bits per heavy atom. The minimum Gasteiger partial charge on any atom is -0.462 e. The quantitative estimate of drug-likeness (QED) is 0.0262. The fraction of sp³-hybridized carbons (Fsp3) is 0.842. The number of rotatable bonds is 50. The molecule has 0 amide bonds. The average Bonchev–Trinajstić information content (AvgIpc) is 3.28. The lowest BCUT2D eigenvalue weighted by atomic mass is 10.0. The van der Waals surface area contributed by atoms with Crippen LogP contribution < -0.4 is 0 Å². The lowest BCUT2D eigenvalue weighted by molar-refractivity contribution is -0.167. The van der Waals surface area contributed by atoms with E-state index in [2.05, 4.69) is 57.2 Å². The third kappa shape index (κ3) is 50.5. The van der Waals surface area contributed by atoms with Crippen LogP contribution in [0, 0.1) is 0 Å². The Bertz CT molecular complexity index is 1060. The van der Waals surface area contributed by atoms with E-state index in [0.29, 0.717) is 19.3 Å². The normalized spacial score (nSPS) is 12.2. The predicted molar refractivity (Wildman–Crippen MR) is 270 cm³/mol. The molecule has 0 heterocycles. The van der Waals surface area contributed by atoms with Crippen molar-refractivity contribution in [3.05, 3.63) is 36.5 Å². The Hall–Kier alpha value is -2.37. The van der Waals surface area contributed by atoms with Gasteiger partial charge in [-0.25, -0.2) is 0 Å². The van der Waals surface area contributed by atoms with Crippen LogP contribution in [0.4, 0.5) is 0 Å². The van der Waals surface area contributed by atoms with Crippen LogP contribution in [0.15, 0.2) is 36.5 Å². The minimum atomic E-state index is -0.782. The van der Waals surface area contributed by atoms with E-state index in [0.717, 1.165) is 70.6 Å². The van der Waals surface area contributed by atoms with Gasteiger partial charge in [0.2, 0.25) is 0 Å². The molecule has 0 aliphatic heterocycles. The van der Waals surface area contributed by atoms with Crippen LogP contribution in [0.5, 0.6) is 0 Å². The molecule has 63 heavy (non-hydrogen) atoms. The van der Waals surface area contributed by atoms with Gasteiger partial charge >= 0.3 is 17.9 Å². The Labute approximate surface area is 391 Å². The summed E-state index contributed by atoms with van der Waals surface area (Å²) in [6, 6.07) is 0. The van der Waals surface area contributed by atoms with E-state index in [1.807, 2.05) is 0 Å². The van der Waals surface area contributed by atoms with Crippen LogP contribution in [-0.4, -0.2) is 37.2 Å². The van der Waals surface area contributed by atoms with Gasteiger partial charge in [0.15, 0.2) is 6.10 Å². The Morgan fingerprint density at radius 3 is 0.921 bits per heavy atom. The molecule has 0 aliphatic carbocycles. The maximum absolute atomic E-state index is 12.8. The molecule has 0 aromatic rings. The van der Waals surface area contributed by atoms with Gasteiger partial charge in [0, 0.05) is 19.3 Å². The summed E-state index contributed by atoms with van der Waals surface area (Å²) in [4.78, 5) is 38.0. The first-order valence-electron chi connectivity index (χ1n) is 27.5. The highest BCUT2D eigenvalue weighted by Gasteiger charge is 2.19. The van der Waals surface area contributed by atoms with Crippen molar-refractivity contribution >= 4 is 17.9 Å². The van der Waals surface area contributed by atoms with Gasteiger partial charge in [-0.2, -0.15) is 0 Å². The number of unbranched alkanes of at least 4 members (excludes halogenated alkanes) is 33. The second kappa shape index (κ2) is 52.3. The van der Waals surface area contributed by atoms with Crippen LogP contribution in [-0.2, 0) is 28.6 Å². The molecule has 0 rings (SSSR count). The van der Waals surface area contributed by atoms with Gasteiger partial charge in [-0.15, -0.1) is 0 Å². The van der Waals surface area contributed by atoms with E-state index in [1.54, 1.807) is 0 Å². The zero-order valence-electron chi connectivity index (χ0n) is 42.1. The summed E-state index contributed by atoms with van der Waals surface area (Å²) in [5, 5.41) is 0. The van der Waals surface area contributed by atoms with Crippen molar-refractivity contribution < 1.29 is 28.6 Å². The molecule has 0 radical (unpaired) electrons. The zero-order valence-corrected chi connectivity index (χ0v) is 42.1. The van der Waals surface area contributed by atoms with E-state index in [9.17, 15) is 14.4 Å². The molecule has 0 aliphatic rings. The maximum Gasteiger partial charge on any atom is 0.306 e. The Balaban J connectivity index is 4.38. The molecule has 0 aromatic heterocycles. The largest absolute Gasteiger partial charge is 0.462 e. The fourth-order valence-electron chi connectivity index (χ4n) is 7.98. The fourth-order valence-corrected chi connectivity index (χ4v) is 7.98. The number of esters is 3. The highest BCUT2D eigenvalue weighted by Crippen LogP contribution is 2.16. The SMILES string of the molecule is CCCCC/C=C\C/C=C\C/C=C\CCCCC(=O)OC[C@H](COC(=O)CCCCCCCCCCCCCCC)OC(=O)CCCCCCCCCCCCCCCCCCC. The second-order valence-corrected chi connectivity index (χ2v) is 18.5. The van der Waals surface area contributed by atoms with Gasteiger partial charge in [0.05, 0.1) is 0 Å². The molecule has 0 bridgehead atoms. The minimum absolute atomic E-state index is 0.0795. The van der Waals surface area contributed by atoms with Gasteiger partial charge in [0.25, 0.3) is 0 Å². The van der Waals surface area contributed by atoms with Crippen molar-refractivity contribution in [3.8, 4) is 0 Å². The molecule has 368 valence electrons. The summed E-state index contributed by atoms with van der Waals surface area (Å²) in [6.45, 7) is 6.61. The van der Waals surface area contributed by atoms with Crippen LogP contribution in [0.3, 0.4) is 0 Å². The van der Waals surface area contributed by atoms with E-state index in [4.69, 9.17) is 14.2 Å². The van der Waals surface area contributed by atoms with Gasteiger partial charge in [-0.05, 0) is 57.8 Å². The van der Waals surface area contributed by atoms with Gasteiger partial charge in [0.1, 0.15) is 13.2 Å². The molecule has 0 fully saturated rings. The van der Waals surface area contributed by atoms with Crippen molar-refractivity contribution in [1.29, 1.82) is 0 Å². The van der Waals surface area contributed by atoms with E-state index in [-0.39, 0.29) is 31.1 Å². The number of hydrogen-bond acceptors (Lipinski definition) is 6. The first kappa shape index (κ1) is 60.6. The van der Waals surface area contributed by atoms with Crippen molar-refractivity contribution in [1.82, 2.24) is 0 Å². The van der Waals surface area contributed by atoms with Crippen LogP contribution in [0.1, 0.15) is 290 Å². The summed E-state index contributed by atoms with van der Waals surface area (Å²) in [5.41, 5.74) is 0. The van der Waals surface area contributed by atoms with Crippen molar-refractivity contribution in [2.24, 2.45) is 0 Å². The van der Waals surface area contributed by atoms with Crippen molar-refractivity contribution in [2.75, 3.05) is 13.2 Å². The molecular formula is C57H104O6. The first-order valence-corrected chi connectivity index (χ1v) is 27.5. The van der Waals surface area contributed by atoms with Gasteiger partial charge in [-0.3, -0.25) is 14.4 Å². The average molecular weight is 885 g/mol. The number of ether oxygens (including phenoxy) is 3. The summed E-state index contributed by atoms with van der Waals surface area (Å²) in [7, 11) is 0. The summed E-state index contributed by atoms with van der Waals surface area (Å²) in [5.74, 6) is -0.904. The molecule has 1 atom stereocenters. The predicted octanol–water partition coefficient (Wildman–Crippen LogP) is 18.1. The summed E-state index contributed by atoms with van der Waals surface area (Å²) in [6.07, 6.45) is 61.3. The maximum atomic E-state index is 12.8. The van der Waals surface area contributed by atoms with Crippen LogP contribution in [0.2, 0.25) is 0 Å². The molecule has 6 heteroatoms. The van der Waals surface area contributed by atoms with Gasteiger partial charge < -0.3 is 14.2 Å². The highest BCUT2D eigenvalue weighted by molar-refractivity contribution is 5.71. The third-order valence-corrected chi connectivity index (χ3v) is 12.1. The molecule has 0 unspecified atom stereocenters. The first-order chi connectivity index (χ1) is 31.0. The smallest absolute Gasteiger partial charge is 0.306 e. The Kier molecular flexibility index (Phi) is 50.3. The highest BCUT2D eigenvalue weighted by atomic mass is 16.6. The topological polar surface area (TPSA) is 78.9 Å². The Morgan fingerprint density at radius 1 is 0.317 bits per heavy atom. The lowest BCUT2D eigenvalue weighted by Crippen LogP contribution is -2.30. The summed E-state index contributed by atoms with van der Waals surface area (Å²) >= 11 is 0. The number of carbonyl (C=O) groups excluding carboxylic acids is 3. The molecule has 0 saturated heterocycles. The van der Waals surface area contributed by atoms with Gasteiger partial charge in [-0.1, -0.05) is 250 Å². The second-order valence-electron chi connectivity index (χ2n) is 18.5. The third-order valence-electron chi connectivity index (χ3n) is 12.1. The number of hydrogen-bond donors (Lipinski definition) is 0. The molecule has 0 N–H and O–H groups in total. The van der Waals surface area contributed by atoms with Crippen molar-refractivity contribution in [2.45, 2.75) is 297 Å². The van der Waals surface area contributed by atoms with Crippen LogP contribution >= 0.6 is 0 Å². The lowest BCUT2D eigenvalue weighted by Gasteiger charge is -2.18. The molecule has 0 spiro atoms. The van der Waals surface area contributed by atoms with Crippen LogP contribution in [0.25, 0.3) is 0 Å². The molecular weight excluding hydrogens is 781 g/mol. The zero-order chi connectivity index (χ0) is 45.8. The monoisotopic (exact) mass is 885 g/mol. The summed E-state index contributed by atoms with van der Waals surface area (Å²) < 4.78 is 16.8. The molecule has 6 nitrogen and oxygen atoms in total. The standard InChI is InChI=1S/C57H104O6/c1-4-7-10-13-16-19-22-25-27-28-30-33-36-39-42-45-48-51-57(60)63-54(52-61-55(58)49-46-43-40-37-34-31-24-21-18-15-12-9-6-3)53-62-56(59)50-47-44-41-38-35-32-29-26-23-20-17-14-11-8-5-2/h17,20,26,29,35,38,54H,4-16,18-19,21-25,27-28,30-34,36-37,39-53H2,1-3H3/b20-17-,29-26-,38-35-/t54-/m0/s1. The van der Waals surface area contributed by atoms with E-state index in [1.165, 1.54) is 180 Å². The molecule has 0 aromatic carbocycles. The number of allylic oxidation sites excluding steroid dienone is 6. The number of carbonyl (C=O) groups is 3. The van der Waals surface area contributed by atoms with Crippen molar-refractivity contribution in [3.63, 3.8) is 0 Å². The van der Waals surface area contributed by atoms with E-state index >= 15 is 0 Å².